The Morgan fingerprint density at radius 2 is 1.46 bits per heavy atom. The lowest BCUT2D eigenvalue weighted by molar-refractivity contribution is 0.0516. The zero-order valence-corrected chi connectivity index (χ0v) is 14.9. The number of carbonyl (C=O) groups is 3. The van der Waals surface area contributed by atoms with E-state index < -0.39 is 5.97 Å². The molecule has 0 bridgehead atoms. The van der Waals surface area contributed by atoms with Gasteiger partial charge in [0.15, 0.2) is 0 Å². The Balaban J connectivity index is 0.000000273. The Morgan fingerprint density at radius 1 is 0.923 bits per heavy atom. The average Bonchev–Trinajstić information content (AvgIpc) is 2.69. The molecule has 2 aromatic rings. The summed E-state index contributed by atoms with van der Waals surface area (Å²) >= 11 is 0. The lowest BCUT2D eigenvalue weighted by Gasteiger charge is -2.03. The maximum Gasteiger partial charge on any atom is 0.338 e. The Labute approximate surface area is 151 Å². The molecule has 2 heterocycles. The minimum atomic E-state index is -0.454. The molecule has 0 saturated heterocycles. The van der Waals surface area contributed by atoms with Crippen LogP contribution >= 0.6 is 0 Å². The Kier molecular flexibility index (Phi) is 9.02. The highest BCUT2D eigenvalue weighted by Crippen LogP contribution is 2.04. The van der Waals surface area contributed by atoms with Crippen LogP contribution in [0.2, 0.25) is 0 Å². The summed E-state index contributed by atoms with van der Waals surface area (Å²) in [5.41, 5.74) is 1.07. The van der Waals surface area contributed by atoms with Crippen LogP contribution in [0.4, 0.5) is 0 Å². The lowest BCUT2D eigenvalue weighted by Crippen LogP contribution is -2.19. The summed E-state index contributed by atoms with van der Waals surface area (Å²) in [6.45, 7) is 4.20. The first-order valence-electron chi connectivity index (χ1n) is 7.95. The van der Waals surface area contributed by atoms with E-state index in [4.69, 9.17) is 9.47 Å². The van der Waals surface area contributed by atoms with E-state index in [9.17, 15) is 14.4 Å². The van der Waals surface area contributed by atoms with Crippen molar-refractivity contribution in [3.63, 3.8) is 0 Å². The first-order chi connectivity index (χ1) is 12.5. The molecule has 0 aliphatic carbocycles. The molecule has 0 aliphatic rings. The zero-order valence-electron chi connectivity index (χ0n) is 14.9. The van der Waals surface area contributed by atoms with E-state index >= 15 is 0 Å². The fourth-order valence-electron chi connectivity index (χ4n) is 1.73. The van der Waals surface area contributed by atoms with Gasteiger partial charge in [0.1, 0.15) is 5.69 Å². The summed E-state index contributed by atoms with van der Waals surface area (Å²) in [6, 6.07) is 6.15. The van der Waals surface area contributed by atoms with E-state index in [1.54, 1.807) is 38.4 Å². The van der Waals surface area contributed by atoms with Crippen LogP contribution in [0.25, 0.3) is 0 Å². The summed E-state index contributed by atoms with van der Waals surface area (Å²) in [6.07, 6.45) is 4.52. The average molecular weight is 359 g/mol. The molecule has 0 aromatic carbocycles. The molecular weight excluding hydrogens is 338 g/mol. The zero-order chi connectivity index (χ0) is 19.4. The third-order valence-corrected chi connectivity index (χ3v) is 2.92. The van der Waals surface area contributed by atoms with E-state index in [1.807, 2.05) is 0 Å². The first kappa shape index (κ1) is 20.8. The number of ether oxygens (including phenoxy) is 2. The van der Waals surface area contributed by atoms with Crippen molar-refractivity contribution in [3.05, 3.63) is 59.7 Å². The summed E-state index contributed by atoms with van der Waals surface area (Å²) in [5.74, 6) is -1.08. The molecule has 0 spiro atoms. The van der Waals surface area contributed by atoms with Crippen molar-refractivity contribution in [2.24, 2.45) is 0 Å². The van der Waals surface area contributed by atoms with Crippen LogP contribution < -0.4 is 5.32 Å². The fourth-order valence-corrected chi connectivity index (χ4v) is 1.73. The van der Waals surface area contributed by atoms with Gasteiger partial charge in [-0.25, -0.2) is 9.59 Å². The maximum absolute atomic E-state index is 11.3. The van der Waals surface area contributed by atoms with Gasteiger partial charge in [0.2, 0.25) is 0 Å². The highest BCUT2D eigenvalue weighted by Gasteiger charge is 2.10. The molecule has 26 heavy (non-hydrogen) atoms. The number of esters is 2. The van der Waals surface area contributed by atoms with Crippen LogP contribution in [0, 0.1) is 0 Å². The van der Waals surface area contributed by atoms with Gasteiger partial charge in [-0.1, -0.05) is 0 Å². The molecule has 1 amide bonds. The number of carbonyl (C=O) groups excluding carboxylic acids is 3. The monoisotopic (exact) mass is 359 g/mol. The van der Waals surface area contributed by atoms with E-state index in [-0.39, 0.29) is 17.6 Å². The van der Waals surface area contributed by atoms with Gasteiger partial charge >= 0.3 is 11.9 Å². The van der Waals surface area contributed by atoms with Crippen LogP contribution in [0.1, 0.15) is 45.1 Å². The predicted molar refractivity (Wildman–Crippen MR) is 93.8 cm³/mol. The van der Waals surface area contributed by atoms with Crippen molar-refractivity contribution in [3.8, 4) is 0 Å². The Hall–Kier alpha value is -3.29. The van der Waals surface area contributed by atoms with Crippen molar-refractivity contribution in [2.45, 2.75) is 13.8 Å². The van der Waals surface area contributed by atoms with Gasteiger partial charge in [-0.15, -0.1) is 0 Å². The Bertz CT molecular complexity index is 735. The molecule has 0 radical (unpaired) electrons. The summed E-state index contributed by atoms with van der Waals surface area (Å²) in [7, 11) is 1.50. The van der Waals surface area contributed by atoms with Gasteiger partial charge in [-0.05, 0) is 38.1 Å². The second kappa shape index (κ2) is 11.3. The van der Waals surface area contributed by atoms with Gasteiger partial charge in [-0.2, -0.15) is 0 Å². The van der Waals surface area contributed by atoms with Crippen molar-refractivity contribution in [1.29, 1.82) is 0 Å². The lowest BCUT2D eigenvalue weighted by atomic mass is 10.2. The minimum Gasteiger partial charge on any atom is -0.462 e. The number of pyridine rings is 2. The van der Waals surface area contributed by atoms with Crippen molar-refractivity contribution >= 4 is 17.8 Å². The largest absolute Gasteiger partial charge is 0.462 e. The molecule has 0 aliphatic heterocycles. The topological polar surface area (TPSA) is 107 Å². The van der Waals surface area contributed by atoms with Gasteiger partial charge < -0.3 is 14.8 Å². The van der Waals surface area contributed by atoms with Crippen molar-refractivity contribution in [1.82, 2.24) is 15.3 Å². The summed E-state index contributed by atoms with van der Waals surface area (Å²) in [4.78, 5) is 41.2. The third-order valence-electron chi connectivity index (χ3n) is 2.92. The fraction of sp³-hybridized carbons (Fsp3) is 0.278. The molecule has 8 heteroatoms. The predicted octanol–water partition coefficient (Wildman–Crippen LogP) is 1.88. The number of amides is 1. The number of rotatable bonds is 5. The van der Waals surface area contributed by atoms with Crippen LogP contribution in [0.5, 0.6) is 0 Å². The van der Waals surface area contributed by atoms with E-state index in [1.165, 1.54) is 25.4 Å². The SMILES string of the molecule is CCOC(=O)c1ccnc(C(=O)NC)c1.CCOC(=O)c1ccncc1. The summed E-state index contributed by atoms with van der Waals surface area (Å²) in [5, 5.41) is 2.43. The smallest absolute Gasteiger partial charge is 0.338 e. The minimum absolute atomic E-state index is 0.197. The number of hydrogen-bond acceptors (Lipinski definition) is 7. The number of hydrogen-bond donors (Lipinski definition) is 1. The summed E-state index contributed by atoms with van der Waals surface area (Å²) < 4.78 is 9.56. The van der Waals surface area contributed by atoms with Crippen LogP contribution in [-0.4, -0.2) is 48.1 Å². The number of nitrogens with one attached hydrogen (secondary N) is 1. The molecular formula is C18H21N3O5. The van der Waals surface area contributed by atoms with Crippen LogP contribution in [-0.2, 0) is 9.47 Å². The number of nitrogens with zero attached hydrogens (tertiary/aromatic N) is 2. The van der Waals surface area contributed by atoms with Crippen LogP contribution in [0.3, 0.4) is 0 Å². The normalized spacial score (nSPS) is 9.35. The maximum atomic E-state index is 11.3. The molecule has 138 valence electrons. The molecule has 0 fully saturated rings. The molecule has 2 aromatic heterocycles. The molecule has 0 atom stereocenters. The van der Waals surface area contributed by atoms with Crippen LogP contribution in [0.15, 0.2) is 42.9 Å². The Morgan fingerprint density at radius 3 is 2.00 bits per heavy atom. The molecule has 1 N–H and O–H groups in total. The number of aromatic nitrogens is 2. The van der Waals surface area contributed by atoms with E-state index in [2.05, 4.69) is 15.3 Å². The van der Waals surface area contributed by atoms with Crippen molar-refractivity contribution in [2.75, 3.05) is 20.3 Å². The van der Waals surface area contributed by atoms with E-state index in [0.717, 1.165) is 0 Å². The standard InChI is InChI=1S/C10H12N2O3.C8H9NO2/c1-3-15-10(14)7-4-5-12-8(6-7)9(13)11-2;1-2-11-8(10)7-3-5-9-6-4-7/h4-6H,3H2,1-2H3,(H,11,13);3-6H,2H2,1H3. The highest BCUT2D eigenvalue weighted by atomic mass is 16.5. The highest BCUT2D eigenvalue weighted by molar-refractivity contribution is 5.96. The van der Waals surface area contributed by atoms with Crippen molar-refractivity contribution < 1.29 is 23.9 Å². The molecule has 8 nitrogen and oxygen atoms in total. The van der Waals surface area contributed by atoms with Gasteiger partial charge in [0.05, 0.1) is 24.3 Å². The second-order valence-electron chi connectivity index (χ2n) is 4.69. The second-order valence-corrected chi connectivity index (χ2v) is 4.69. The first-order valence-corrected chi connectivity index (χ1v) is 7.95. The molecule has 2 rings (SSSR count). The quantitative estimate of drug-likeness (QED) is 0.812. The third kappa shape index (κ3) is 6.68. The molecule has 0 saturated carbocycles. The van der Waals surface area contributed by atoms with Gasteiger partial charge in [0.25, 0.3) is 5.91 Å². The van der Waals surface area contributed by atoms with Gasteiger partial charge in [0, 0.05) is 25.6 Å². The van der Waals surface area contributed by atoms with Gasteiger partial charge in [-0.3, -0.25) is 14.8 Å². The molecule has 0 unspecified atom stereocenters. The van der Waals surface area contributed by atoms with E-state index in [0.29, 0.717) is 24.3 Å².